The largest absolute Gasteiger partial charge is 0.309 e. The first-order chi connectivity index (χ1) is 6.45. The van der Waals surface area contributed by atoms with Crippen molar-refractivity contribution in [2.75, 3.05) is 21.1 Å². The number of hydrogen-bond acceptors (Lipinski definition) is 1. The monoisotopic (exact) mass is 301 g/mol. The first-order valence-corrected chi connectivity index (χ1v) is 5.68. The summed E-state index contributed by atoms with van der Waals surface area (Å²) < 4.78 is 0.836. The van der Waals surface area contributed by atoms with Gasteiger partial charge in [-0.2, -0.15) is 0 Å². The van der Waals surface area contributed by atoms with E-state index in [-0.39, 0.29) is 3.55 Å². The molecule has 2 nitrogen and oxygen atoms in total. The lowest BCUT2D eigenvalue weighted by atomic mass is 10.1. The van der Waals surface area contributed by atoms with Crippen LogP contribution in [0, 0.1) is 0 Å². The zero-order valence-electron chi connectivity index (χ0n) is 8.66. The molecule has 0 spiro atoms. The van der Waals surface area contributed by atoms with Crippen LogP contribution in [-0.4, -0.2) is 31.8 Å². The van der Waals surface area contributed by atoms with Crippen LogP contribution in [0.2, 0.25) is 0 Å². The number of rotatable bonds is 1. The molecule has 1 atom stereocenters. The number of alkyl halides is 1. The van der Waals surface area contributed by atoms with Gasteiger partial charge in [-0.1, -0.05) is 12.1 Å². The average molecular weight is 301 g/mol. The van der Waals surface area contributed by atoms with E-state index in [0.29, 0.717) is 0 Å². The van der Waals surface area contributed by atoms with Crippen molar-refractivity contribution >= 4 is 34.5 Å². The van der Waals surface area contributed by atoms with Crippen LogP contribution < -0.4 is 0 Å². The van der Waals surface area contributed by atoms with Crippen LogP contribution in [0.25, 0.3) is 0 Å². The van der Waals surface area contributed by atoms with Gasteiger partial charge in [0.25, 0.3) is 0 Å². The van der Waals surface area contributed by atoms with Crippen molar-refractivity contribution in [3.63, 3.8) is 0 Å². The molecule has 1 aliphatic heterocycles. The SMILES string of the molecule is C[N+](C)(C)C1(I)C=Nc2ccccc21. The second-order valence-corrected chi connectivity index (χ2v) is 6.11. The Kier molecular flexibility index (Phi) is 2.19. The van der Waals surface area contributed by atoms with E-state index in [1.165, 1.54) is 5.56 Å². The second-order valence-electron chi connectivity index (χ2n) is 4.46. The predicted molar refractivity (Wildman–Crippen MR) is 68.3 cm³/mol. The molecule has 1 aliphatic rings. The lowest BCUT2D eigenvalue weighted by molar-refractivity contribution is -0.895. The van der Waals surface area contributed by atoms with Crippen molar-refractivity contribution in [3.05, 3.63) is 29.8 Å². The van der Waals surface area contributed by atoms with Crippen molar-refractivity contribution in [3.8, 4) is 0 Å². The van der Waals surface area contributed by atoms with Crippen LogP contribution in [0.3, 0.4) is 0 Å². The van der Waals surface area contributed by atoms with Gasteiger partial charge < -0.3 is 4.48 Å². The van der Waals surface area contributed by atoms with Gasteiger partial charge >= 0.3 is 0 Å². The average Bonchev–Trinajstić information content (AvgIpc) is 2.45. The molecule has 0 bridgehead atoms. The van der Waals surface area contributed by atoms with E-state index in [1.807, 2.05) is 6.07 Å². The van der Waals surface area contributed by atoms with Gasteiger partial charge in [-0.05, 0) is 12.1 Å². The van der Waals surface area contributed by atoms with E-state index in [2.05, 4.69) is 73.1 Å². The van der Waals surface area contributed by atoms with Crippen molar-refractivity contribution in [1.82, 2.24) is 0 Å². The molecule has 0 aliphatic carbocycles. The molecule has 0 radical (unpaired) electrons. The third-order valence-corrected chi connectivity index (χ3v) is 4.94. The highest BCUT2D eigenvalue weighted by Crippen LogP contribution is 2.45. The summed E-state index contributed by atoms with van der Waals surface area (Å²) in [6.07, 6.45) is 2.05. The maximum Gasteiger partial charge on any atom is 0.212 e. The Balaban J connectivity index is 2.59. The highest BCUT2D eigenvalue weighted by atomic mass is 127. The van der Waals surface area contributed by atoms with Gasteiger partial charge in [0.05, 0.1) is 38.6 Å². The zero-order chi connectivity index (χ0) is 10.4. The van der Waals surface area contributed by atoms with E-state index < -0.39 is 0 Å². The standard InChI is InChI=1S/C11H14IN2/c1-14(2,3)11(12)8-13-10-7-5-4-6-9(10)11/h4-8H,1-3H3/q+1. The number of benzene rings is 1. The van der Waals surface area contributed by atoms with Crippen LogP contribution in [0.4, 0.5) is 5.69 Å². The fourth-order valence-corrected chi connectivity index (χ4v) is 2.24. The number of halogens is 1. The molecule has 1 aromatic rings. The molecule has 1 unspecified atom stereocenters. The first kappa shape index (κ1) is 10.1. The normalized spacial score (nSPS) is 25.1. The number of hydrogen-bond donors (Lipinski definition) is 0. The highest BCUT2D eigenvalue weighted by molar-refractivity contribution is 14.1. The third kappa shape index (κ3) is 1.30. The summed E-state index contributed by atoms with van der Waals surface area (Å²) in [7, 11) is 6.58. The van der Waals surface area contributed by atoms with Gasteiger partial charge in [-0.3, -0.25) is 4.99 Å². The summed E-state index contributed by atoms with van der Waals surface area (Å²) in [5.74, 6) is 0. The Hall–Kier alpha value is -0.420. The lowest BCUT2D eigenvalue weighted by Gasteiger charge is -2.37. The summed E-state index contributed by atoms with van der Waals surface area (Å²) in [5, 5.41) is 0. The quantitative estimate of drug-likeness (QED) is 0.327. The van der Waals surface area contributed by atoms with Gasteiger partial charge in [-0.15, -0.1) is 0 Å². The number of quaternary nitrogens is 1. The van der Waals surface area contributed by atoms with E-state index in [1.54, 1.807) is 0 Å². The Morgan fingerprint density at radius 1 is 1.21 bits per heavy atom. The Bertz CT molecular complexity index is 393. The number of nitrogens with zero attached hydrogens (tertiary/aromatic N) is 2. The van der Waals surface area contributed by atoms with E-state index in [9.17, 15) is 0 Å². The fourth-order valence-electron chi connectivity index (χ4n) is 1.64. The smallest absolute Gasteiger partial charge is 0.212 e. The van der Waals surface area contributed by atoms with E-state index in [0.717, 1.165) is 10.2 Å². The third-order valence-electron chi connectivity index (χ3n) is 2.63. The number of fused-ring (bicyclic) bond motifs is 1. The molecular weight excluding hydrogens is 287 g/mol. The second kappa shape index (κ2) is 3.03. The van der Waals surface area contributed by atoms with E-state index in [4.69, 9.17) is 0 Å². The molecule has 0 N–H and O–H groups in total. The zero-order valence-corrected chi connectivity index (χ0v) is 10.8. The van der Waals surface area contributed by atoms with Gasteiger partial charge in [-0.25, -0.2) is 0 Å². The Morgan fingerprint density at radius 2 is 1.86 bits per heavy atom. The maximum atomic E-state index is 4.47. The molecule has 0 saturated heterocycles. The summed E-state index contributed by atoms with van der Waals surface area (Å²) in [5.41, 5.74) is 2.42. The minimum atomic E-state index is -0.0195. The van der Waals surface area contributed by atoms with Gasteiger partial charge in [0.15, 0.2) is 0 Å². The molecule has 14 heavy (non-hydrogen) atoms. The molecule has 1 aromatic carbocycles. The summed E-state index contributed by atoms with van der Waals surface area (Å²) in [6.45, 7) is 0. The number of aliphatic imine (C=N–C) groups is 1. The minimum Gasteiger partial charge on any atom is -0.309 e. The van der Waals surface area contributed by atoms with Crippen LogP contribution in [0.15, 0.2) is 29.3 Å². The lowest BCUT2D eigenvalue weighted by Crippen LogP contribution is -2.50. The molecule has 3 heteroatoms. The van der Waals surface area contributed by atoms with E-state index >= 15 is 0 Å². The predicted octanol–water partition coefficient (Wildman–Crippen LogP) is 2.70. The van der Waals surface area contributed by atoms with Crippen molar-refractivity contribution in [1.29, 1.82) is 0 Å². The summed E-state index contributed by atoms with van der Waals surface area (Å²) in [4.78, 5) is 4.47. The Labute approximate surface area is 98.4 Å². The molecule has 0 fully saturated rings. The van der Waals surface area contributed by atoms with Crippen LogP contribution >= 0.6 is 22.6 Å². The topological polar surface area (TPSA) is 12.4 Å². The molecule has 0 aromatic heterocycles. The molecule has 0 amide bonds. The first-order valence-electron chi connectivity index (χ1n) is 4.60. The molecule has 1 heterocycles. The fraction of sp³-hybridized carbons (Fsp3) is 0.364. The van der Waals surface area contributed by atoms with Gasteiger partial charge in [0, 0.05) is 22.6 Å². The molecule has 2 rings (SSSR count). The maximum absolute atomic E-state index is 4.47. The number of para-hydroxylation sites is 1. The van der Waals surface area contributed by atoms with Gasteiger partial charge in [0.2, 0.25) is 3.55 Å². The van der Waals surface area contributed by atoms with Crippen molar-refractivity contribution < 1.29 is 4.48 Å². The summed E-state index contributed by atoms with van der Waals surface area (Å²) in [6, 6.07) is 8.35. The van der Waals surface area contributed by atoms with Crippen molar-refractivity contribution in [2.45, 2.75) is 3.55 Å². The minimum absolute atomic E-state index is 0.0195. The Morgan fingerprint density at radius 3 is 2.50 bits per heavy atom. The van der Waals surface area contributed by atoms with Crippen LogP contribution in [0.5, 0.6) is 0 Å². The molecule has 74 valence electrons. The van der Waals surface area contributed by atoms with Gasteiger partial charge in [0.1, 0.15) is 0 Å². The molecular formula is C11H14IN2+. The van der Waals surface area contributed by atoms with Crippen LogP contribution in [-0.2, 0) is 3.55 Å². The highest BCUT2D eigenvalue weighted by Gasteiger charge is 2.45. The van der Waals surface area contributed by atoms with Crippen molar-refractivity contribution in [2.24, 2.45) is 4.99 Å². The molecule has 0 saturated carbocycles. The van der Waals surface area contributed by atoms with Crippen LogP contribution in [0.1, 0.15) is 5.56 Å². The summed E-state index contributed by atoms with van der Waals surface area (Å²) >= 11 is 2.49.